The Balaban J connectivity index is 1.29. The summed E-state index contributed by atoms with van der Waals surface area (Å²) in [4.78, 5) is 54.3. The third kappa shape index (κ3) is 4.95. The van der Waals surface area contributed by atoms with Crippen LogP contribution in [-0.2, 0) is 7.05 Å². The van der Waals surface area contributed by atoms with E-state index in [-0.39, 0.29) is 46.2 Å². The maximum absolute atomic E-state index is 13.3. The normalized spacial score (nSPS) is 14.2. The number of aromatic nitrogens is 1. The van der Waals surface area contributed by atoms with Crippen molar-refractivity contribution in [2.24, 2.45) is 7.05 Å². The Morgan fingerprint density at radius 2 is 1.50 bits per heavy atom. The smallest absolute Gasteiger partial charge is 0.270 e. The molecule has 0 saturated carbocycles. The van der Waals surface area contributed by atoms with E-state index in [1.54, 1.807) is 26.5 Å². The van der Waals surface area contributed by atoms with E-state index in [4.69, 9.17) is 0 Å². The predicted molar refractivity (Wildman–Crippen MR) is 153 cm³/mol. The number of aromatic hydroxyl groups is 1. The SMILES string of the molecule is CC[C@@H](Nc1c(Nc2cccc(C(=O)N3CCN(C(=O)c4cccn4C)CC3)c2O)c(=O)c1=O)c1ccccc1. The molecule has 1 atom stereocenters. The lowest BCUT2D eigenvalue weighted by Gasteiger charge is -2.35. The van der Waals surface area contributed by atoms with Crippen LogP contribution in [0.15, 0.2) is 76.4 Å². The number of amides is 2. The Morgan fingerprint density at radius 3 is 2.12 bits per heavy atom. The lowest BCUT2D eigenvalue weighted by Crippen LogP contribution is -2.50. The minimum atomic E-state index is -0.694. The molecule has 1 aliphatic heterocycles. The van der Waals surface area contributed by atoms with Gasteiger partial charge < -0.3 is 30.1 Å². The first kappa shape index (κ1) is 26.7. The van der Waals surface area contributed by atoms with Crippen molar-refractivity contribution in [2.45, 2.75) is 19.4 Å². The van der Waals surface area contributed by atoms with Crippen LogP contribution >= 0.6 is 0 Å². The number of phenols is 1. The minimum Gasteiger partial charge on any atom is -0.505 e. The Labute approximate surface area is 231 Å². The van der Waals surface area contributed by atoms with Crippen LogP contribution in [-0.4, -0.2) is 57.5 Å². The molecule has 5 rings (SSSR count). The molecular formula is C30H31N5O5. The summed E-state index contributed by atoms with van der Waals surface area (Å²) >= 11 is 0. The molecule has 0 radical (unpaired) electrons. The zero-order chi connectivity index (χ0) is 28.4. The largest absolute Gasteiger partial charge is 0.505 e. The fraction of sp³-hybridized carbons (Fsp3) is 0.267. The van der Waals surface area contributed by atoms with Crippen molar-refractivity contribution >= 4 is 28.9 Å². The van der Waals surface area contributed by atoms with Crippen LogP contribution in [0.3, 0.4) is 0 Å². The van der Waals surface area contributed by atoms with E-state index in [9.17, 15) is 24.3 Å². The van der Waals surface area contributed by atoms with Crippen molar-refractivity contribution < 1.29 is 14.7 Å². The first-order valence-electron chi connectivity index (χ1n) is 13.2. The number of para-hydroxylation sites is 1. The molecule has 4 aromatic rings. The van der Waals surface area contributed by atoms with Gasteiger partial charge >= 0.3 is 0 Å². The molecule has 0 aliphatic carbocycles. The molecule has 0 bridgehead atoms. The molecule has 3 aromatic carbocycles. The average molecular weight is 542 g/mol. The zero-order valence-corrected chi connectivity index (χ0v) is 22.4. The van der Waals surface area contributed by atoms with Crippen LogP contribution in [0, 0.1) is 0 Å². The van der Waals surface area contributed by atoms with Crippen molar-refractivity contribution in [1.82, 2.24) is 14.4 Å². The first-order valence-corrected chi connectivity index (χ1v) is 13.2. The van der Waals surface area contributed by atoms with Gasteiger partial charge in [0.15, 0.2) is 5.75 Å². The van der Waals surface area contributed by atoms with Crippen molar-refractivity contribution in [1.29, 1.82) is 0 Å². The monoisotopic (exact) mass is 541 g/mol. The van der Waals surface area contributed by atoms with Gasteiger partial charge in [0.1, 0.15) is 17.1 Å². The summed E-state index contributed by atoms with van der Waals surface area (Å²) in [5.41, 5.74) is 0.638. The molecule has 1 saturated heterocycles. The Morgan fingerprint density at radius 1 is 0.850 bits per heavy atom. The van der Waals surface area contributed by atoms with Crippen LogP contribution < -0.4 is 21.5 Å². The summed E-state index contributed by atoms with van der Waals surface area (Å²) in [6.45, 7) is 3.34. The molecule has 40 heavy (non-hydrogen) atoms. The van der Waals surface area contributed by atoms with Gasteiger partial charge in [0.05, 0.1) is 17.3 Å². The van der Waals surface area contributed by atoms with Gasteiger partial charge in [0, 0.05) is 39.4 Å². The third-order valence-corrected chi connectivity index (χ3v) is 7.38. The highest BCUT2D eigenvalue weighted by molar-refractivity contribution is 5.99. The number of aryl methyl sites for hydroxylation is 1. The van der Waals surface area contributed by atoms with Gasteiger partial charge in [0.2, 0.25) is 0 Å². The summed E-state index contributed by atoms with van der Waals surface area (Å²) in [5, 5.41) is 17.0. The van der Waals surface area contributed by atoms with Crippen LogP contribution in [0.1, 0.15) is 45.8 Å². The second-order valence-electron chi connectivity index (χ2n) is 9.84. The molecule has 1 aromatic heterocycles. The van der Waals surface area contributed by atoms with E-state index in [1.807, 2.05) is 56.6 Å². The molecular weight excluding hydrogens is 510 g/mol. The van der Waals surface area contributed by atoms with E-state index >= 15 is 0 Å². The first-order chi connectivity index (χ1) is 19.3. The Hall–Kier alpha value is -4.86. The van der Waals surface area contributed by atoms with E-state index in [0.717, 1.165) is 5.56 Å². The molecule has 3 N–H and O–H groups in total. The van der Waals surface area contributed by atoms with E-state index < -0.39 is 10.9 Å². The maximum Gasteiger partial charge on any atom is 0.270 e. The minimum absolute atomic E-state index is 0.0482. The number of anilines is 3. The summed E-state index contributed by atoms with van der Waals surface area (Å²) in [6, 6.07) is 17.6. The second-order valence-corrected chi connectivity index (χ2v) is 9.84. The lowest BCUT2D eigenvalue weighted by atomic mass is 10.0. The Bertz CT molecular complexity index is 1610. The van der Waals surface area contributed by atoms with Crippen molar-refractivity contribution in [3.63, 3.8) is 0 Å². The van der Waals surface area contributed by atoms with E-state index in [2.05, 4.69) is 10.6 Å². The summed E-state index contributed by atoms with van der Waals surface area (Å²) < 4.78 is 1.76. The van der Waals surface area contributed by atoms with Gasteiger partial charge in [-0.1, -0.05) is 43.3 Å². The molecule has 206 valence electrons. The van der Waals surface area contributed by atoms with Crippen molar-refractivity contribution in [2.75, 3.05) is 36.8 Å². The summed E-state index contributed by atoms with van der Waals surface area (Å²) in [5.74, 6) is -0.793. The lowest BCUT2D eigenvalue weighted by molar-refractivity contribution is 0.0528. The number of rotatable bonds is 8. The van der Waals surface area contributed by atoms with Gasteiger partial charge in [0.25, 0.3) is 22.7 Å². The number of nitrogens with one attached hydrogen (secondary N) is 2. The topological polar surface area (TPSA) is 124 Å². The van der Waals surface area contributed by atoms with Crippen LogP contribution in [0.5, 0.6) is 5.75 Å². The maximum atomic E-state index is 13.3. The van der Waals surface area contributed by atoms with Crippen molar-refractivity contribution in [3.8, 4) is 5.75 Å². The molecule has 10 nitrogen and oxygen atoms in total. The predicted octanol–water partition coefficient (Wildman–Crippen LogP) is 3.23. The van der Waals surface area contributed by atoms with Gasteiger partial charge in [-0.2, -0.15) is 0 Å². The molecule has 2 heterocycles. The van der Waals surface area contributed by atoms with Crippen LogP contribution in [0.4, 0.5) is 17.1 Å². The quantitative estimate of drug-likeness (QED) is 0.231. The van der Waals surface area contributed by atoms with Crippen molar-refractivity contribution in [3.05, 3.63) is 104 Å². The highest BCUT2D eigenvalue weighted by Crippen LogP contribution is 2.33. The van der Waals surface area contributed by atoms with Gasteiger partial charge in [-0.25, -0.2) is 0 Å². The average Bonchev–Trinajstić information content (AvgIpc) is 3.42. The number of hydrogen-bond acceptors (Lipinski definition) is 7. The zero-order valence-electron chi connectivity index (χ0n) is 22.4. The number of nitrogens with zero attached hydrogens (tertiary/aromatic N) is 3. The molecule has 0 spiro atoms. The Kier molecular flexibility index (Phi) is 7.41. The molecule has 0 unspecified atom stereocenters. The fourth-order valence-corrected chi connectivity index (χ4v) is 5.01. The van der Waals surface area contributed by atoms with E-state index in [0.29, 0.717) is 38.3 Å². The number of hydrogen-bond donors (Lipinski definition) is 3. The van der Waals surface area contributed by atoms with Gasteiger partial charge in [-0.3, -0.25) is 19.2 Å². The fourth-order valence-electron chi connectivity index (χ4n) is 5.01. The summed E-state index contributed by atoms with van der Waals surface area (Å²) in [6.07, 6.45) is 2.49. The highest BCUT2D eigenvalue weighted by Gasteiger charge is 2.29. The molecule has 10 heteroatoms. The van der Waals surface area contributed by atoms with Crippen LogP contribution in [0.25, 0.3) is 0 Å². The highest BCUT2D eigenvalue weighted by atomic mass is 16.3. The molecule has 2 amide bonds. The van der Waals surface area contributed by atoms with E-state index in [1.165, 1.54) is 12.1 Å². The molecule has 1 fully saturated rings. The van der Waals surface area contributed by atoms with Crippen LogP contribution in [0.2, 0.25) is 0 Å². The standard InChI is InChI=1S/C30H31N5O5/c1-3-21(19-9-5-4-6-10-19)31-24-25(28(38)27(24)37)32-22-12-7-11-20(26(22)36)29(39)34-15-17-35(18-16-34)30(40)23-13-8-14-33(23)2/h4-14,21,31-32,36H,3,15-18H2,1-2H3/t21-/m1/s1. The third-order valence-electron chi connectivity index (χ3n) is 7.38. The van der Waals surface area contributed by atoms with Gasteiger partial charge in [-0.05, 0) is 36.2 Å². The number of carbonyl (C=O) groups excluding carboxylic acids is 2. The number of piperazine rings is 1. The number of benzene rings is 2. The number of phenolic OH excluding ortho intramolecular Hbond substituents is 1. The molecule has 1 aliphatic rings. The number of carbonyl (C=O) groups is 2. The second kappa shape index (κ2) is 11.1. The van der Waals surface area contributed by atoms with Gasteiger partial charge in [-0.15, -0.1) is 0 Å². The summed E-state index contributed by atoms with van der Waals surface area (Å²) in [7, 11) is 1.81.